The Morgan fingerprint density at radius 2 is 2.09 bits per heavy atom. The fraction of sp³-hybridized carbons (Fsp3) is 0.600. The number of hydrogen-bond donors (Lipinski definition) is 3. The molecule has 0 aromatic heterocycles. The largest absolute Gasteiger partial charge is 0.467 e. The molecule has 3 N–H and O–H groups in total. The highest BCUT2D eigenvalue weighted by Crippen LogP contribution is 1.84. The maximum Gasteiger partial charge on any atom is 0.339 e. The van der Waals surface area contributed by atoms with E-state index in [1.807, 2.05) is 0 Å². The predicted molar refractivity (Wildman–Crippen MR) is 34.9 cm³/mol. The van der Waals surface area contributed by atoms with Crippen molar-refractivity contribution >= 4 is 12.0 Å². The van der Waals surface area contributed by atoms with E-state index in [1.54, 1.807) is 0 Å². The lowest BCUT2D eigenvalue weighted by molar-refractivity contribution is -0.142. The Kier molecular flexibility index (Phi) is 3.97. The van der Waals surface area contributed by atoms with Gasteiger partial charge in [0, 0.05) is 0 Å². The molecule has 64 valence electrons. The average molecular weight is 162 g/mol. The maximum absolute atomic E-state index is 10.6. The van der Waals surface area contributed by atoms with Crippen molar-refractivity contribution in [1.82, 2.24) is 10.8 Å². The zero-order valence-corrected chi connectivity index (χ0v) is 6.25. The molecule has 0 rings (SSSR count). The standard InChI is InChI=1S/C5H10N2O4/c1-3(4(8)11-2)6-5(9)7-10/h3,10H,1-2H3,(H2,6,7,9)/t3-/m0/s1. The first-order valence-electron chi connectivity index (χ1n) is 2.90. The molecule has 0 radical (unpaired) electrons. The number of amides is 2. The molecule has 0 aliphatic carbocycles. The third kappa shape index (κ3) is 3.41. The maximum atomic E-state index is 10.6. The van der Waals surface area contributed by atoms with Gasteiger partial charge in [-0.2, -0.15) is 0 Å². The van der Waals surface area contributed by atoms with Crippen LogP contribution in [-0.2, 0) is 9.53 Å². The molecule has 0 saturated carbocycles. The molecule has 1 atom stereocenters. The number of nitrogens with one attached hydrogen (secondary N) is 2. The molecule has 0 spiro atoms. The van der Waals surface area contributed by atoms with Crippen molar-refractivity contribution in [2.45, 2.75) is 13.0 Å². The second-order valence-electron chi connectivity index (χ2n) is 1.83. The van der Waals surface area contributed by atoms with Gasteiger partial charge in [-0.1, -0.05) is 0 Å². The van der Waals surface area contributed by atoms with Crippen molar-refractivity contribution in [3.8, 4) is 0 Å². The number of ether oxygens (including phenoxy) is 1. The highest BCUT2D eigenvalue weighted by atomic mass is 16.5. The summed E-state index contributed by atoms with van der Waals surface area (Å²) in [6.07, 6.45) is 0. The van der Waals surface area contributed by atoms with E-state index in [9.17, 15) is 9.59 Å². The van der Waals surface area contributed by atoms with Crippen LogP contribution in [-0.4, -0.2) is 30.4 Å². The molecular formula is C5H10N2O4. The van der Waals surface area contributed by atoms with E-state index in [1.165, 1.54) is 19.5 Å². The minimum Gasteiger partial charge on any atom is -0.467 e. The lowest BCUT2D eigenvalue weighted by Crippen LogP contribution is -2.43. The molecule has 0 aromatic carbocycles. The molecule has 0 heterocycles. The van der Waals surface area contributed by atoms with Crippen molar-refractivity contribution in [3.63, 3.8) is 0 Å². The molecule has 0 fully saturated rings. The first-order chi connectivity index (χ1) is 5.11. The molecule has 0 aliphatic heterocycles. The Morgan fingerprint density at radius 1 is 1.55 bits per heavy atom. The van der Waals surface area contributed by atoms with Crippen LogP contribution in [0.3, 0.4) is 0 Å². The van der Waals surface area contributed by atoms with Crippen LogP contribution in [0.25, 0.3) is 0 Å². The minimum atomic E-state index is -0.845. The normalized spacial score (nSPS) is 11.5. The van der Waals surface area contributed by atoms with E-state index < -0.39 is 18.0 Å². The monoisotopic (exact) mass is 162 g/mol. The molecule has 6 nitrogen and oxygen atoms in total. The highest BCUT2D eigenvalue weighted by molar-refractivity contribution is 5.82. The van der Waals surface area contributed by atoms with Crippen molar-refractivity contribution in [1.29, 1.82) is 0 Å². The van der Waals surface area contributed by atoms with Crippen LogP contribution in [0, 0.1) is 0 Å². The Hall–Kier alpha value is -1.30. The zero-order valence-electron chi connectivity index (χ0n) is 6.25. The van der Waals surface area contributed by atoms with Gasteiger partial charge in [-0.3, -0.25) is 5.21 Å². The topological polar surface area (TPSA) is 87.7 Å². The smallest absolute Gasteiger partial charge is 0.339 e. The van der Waals surface area contributed by atoms with Crippen LogP contribution in [0.15, 0.2) is 0 Å². The lowest BCUT2D eigenvalue weighted by atomic mass is 10.3. The van der Waals surface area contributed by atoms with Gasteiger partial charge in [0.1, 0.15) is 6.04 Å². The highest BCUT2D eigenvalue weighted by Gasteiger charge is 2.14. The summed E-state index contributed by atoms with van der Waals surface area (Å²) in [5.41, 5.74) is 1.32. The zero-order chi connectivity index (χ0) is 8.85. The van der Waals surface area contributed by atoms with Crippen molar-refractivity contribution in [3.05, 3.63) is 0 Å². The quantitative estimate of drug-likeness (QED) is 0.283. The van der Waals surface area contributed by atoms with Crippen LogP contribution in [0.1, 0.15) is 6.92 Å². The number of carbonyl (C=O) groups is 2. The minimum absolute atomic E-state index is 0.575. The summed E-state index contributed by atoms with van der Waals surface area (Å²) in [5, 5.41) is 10.1. The molecule has 6 heteroatoms. The van der Waals surface area contributed by atoms with Gasteiger partial charge in [0.2, 0.25) is 0 Å². The molecule has 0 aromatic rings. The first kappa shape index (κ1) is 9.70. The summed E-state index contributed by atoms with van der Waals surface area (Å²) in [7, 11) is 1.21. The number of rotatable bonds is 2. The van der Waals surface area contributed by atoms with Crippen molar-refractivity contribution in [2.75, 3.05) is 7.11 Å². The fourth-order valence-corrected chi connectivity index (χ4v) is 0.465. The summed E-state index contributed by atoms with van der Waals surface area (Å²) in [6, 6.07) is -1.62. The Morgan fingerprint density at radius 3 is 2.45 bits per heavy atom. The van der Waals surface area contributed by atoms with E-state index in [0.717, 1.165) is 0 Å². The van der Waals surface area contributed by atoms with Gasteiger partial charge < -0.3 is 10.1 Å². The molecular weight excluding hydrogens is 152 g/mol. The van der Waals surface area contributed by atoms with Gasteiger partial charge in [0.25, 0.3) is 0 Å². The number of esters is 1. The summed E-state index contributed by atoms with van der Waals surface area (Å²) in [6.45, 7) is 1.43. The Bertz CT molecular complexity index is 159. The summed E-state index contributed by atoms with van der Waals surface area (Å²) < 4.78 is 4.29. The Labute approximate surface area is 63.5 Å². The number of carbonyl (C=O) groups excluding carboxylic acids is 2. The predicted octanol–water partition coefficient (Wildman–Crippen LogP) is -0.764. The van der Waals surface area contributed by atoms with Crippen LogP contribution >= 0.6 is 0 Å². The third-order valence-electron chi connectivity index (χ3n) is 1.00. The molecule has 0 aliphatic rings. The van der Waals surface area contributed by atoms with Gasteiger partial charge in [0.15, 0.2) is 0 Å². The van der Waals surface area contributed by atoms with Crippen molar-refractivity contribution in [2.24, 2.45) is 0 Å². The van der Waals surface area contributed by atoms with Crippen LogP contribution in [0.5, 0.6) is 0 Å². The van der Waals surface area contributed by atoms with Gasteiger partial charge in [0.05, 0.1) is 7.11 Å². The van der Waals surface area contributed by atoms with Crippen LogP contribution in [0.4, 0.5) is 4.79 Å². The second-order valence-corrected chi connectivity index (χ2v) is 1.83. The SMILES string of the molecule is COC(=O)[C@H](C)NC(=O)NO. The second kappa shape index (κ2) is 4.51. The molecule has 2 amide bonds. The number of hydroxylamine groups is 1. The molecule has 11 heavy (non-hydrogen) atoms. The fourth-order valence-electron chi connectivity index (χ4n) is 0.465. The lowest BCUT2D eigenvalue weighted by Gasteiger charge is -2.09. The third-order valence-corrected chi connectivity index (χ3v) is 1.00. The number of methoxy groups -OCH3 is 1. The van der Waals surface area contributed by atoms with Gasteiger partial charge in [-0.15, -0.1) is 0 Å². The summed E-state index contributed by atoms with van der Waals surface area (Å²) in [5.74, 6) is -0.575. The molecule has 0 unspecified atom stereocenters. The van der Waals surface area contributed by atoms with E-state index in [0.29, 0.717) is 0 Å². The van der Waals surface area contributed by atoms with E-state index in [4.69, 9.17) is 5.21 Å². The molecule has 0 bridgehead atoms. The Balaban J connectivity index is 3.77. The van der Waals surface area contributed by atoms with Crippen LogP contribution in [0.2, 0.25) is 0 Å². The first-order valence-corrected chi connectivity index (χ1v) is 2.90. The summed E-state index contributed by atoms with van der Waals surface area (Å²) in [4.78, 5) is 21.0. The van der Waals surface area contributed by atoms with E-state index >= 15 is 0 Å². The van der Waals surface area contributed by atoms with Gasteiger partial charge in [-0.05, 0) is 6.92 Å². The number of urea groups is 1. The van der Waals surface area contributed by atoms with Crippen molar-refractivity contribution < 1.29 is 19.5 Å². The van der Waals surface area contributed by atoms with E-state index in [2.05, 4.69) is 10.1 Å². The average Bonchev–Trinajstić information content (AvgIpc) is 2.02. The summed E-state index contributed by atoms with van der Waals surface area (Å²) >= 11 is 0. The van der Waals surface area contributed by atoms with E-state index in [-0.39, 0.29) is 0 Å². The van der Waals surface area contributed by atoms with Gasteiger partial charge in [-0.25, -0.2) is 15.1 Å². The molecule has 0 saturated heterocycles. The van der Waals surface area contributed by atoms with Crippen LogP contribution < -0.4 is 10.8 Å². The van der Waals surface area contributed by atoms with Gasteiger partial charge >= 0.3 is 12.0 Å². The number of hydrogen-bond acceptors (Lipinski definition) is 4.